The van der Waals surface area contributed by atoms with Crippen molar-refractivity contribution in [1.29, 1.82) is 0 Å². The molecule has 0 aliphatic rings. The van der Waals surface area contributed by atoms with Crippen molar-refractivity contribution in [1.82, 2.24) is 16.0 Å². The van der Waals surface area contributed by atoms with Gasteiger partial charge >= 0.3 is 0 Å². The fourth-order valence-electron chi connectivity index (χ4n) is 1.89. The number of ketones is 1. The van der Waals surface area contributed by atoms with Crippen LogP contribution < -0.4 is 21.7 Å². The smallest absolute Gasteiger partial charge is 0.289 e. The Balaban J connectivity index is 4.42. The molecule has 126 valence electrons. The van der Waals surface area contributed by atoms with Crippen molar-refractivity contribution in [2.24, 2.45) is 11.7 Å². The van der Waals surface area contributed by atoms with E-state index in [1.165, 1.54) is 0 Å². The van der Waals surface area contributed by atoms with E-state index in [1.54, 1.807) is 20.9 Å². The van der Waals surface area contributed by atoms with Crippen LogP contribution >= 0.6 is 0 Å². The topological polar surface area (TPSA) is 130 Å². The van der Waals surface area contributed by atoms with E-state index >= 15 is 0 Å². The maximum Gasteiger partial charge on any atom is 0.289 e. The first-order valence-corrected chi connectivity index (χ1v) is 7.32. The summed E-state index contributed by atoms with van der Waals surface area (Å²) >= 11 is 0. The minimum absolute atomic E-state index is 0.169. The molecule has 3 amide bonds. The van der Waals surface area contributed by atoms with Crippen LogP contribution in [0.1, 0.15) is 33.6 Å². The van der Waals surface area contributed by atoms with Gasteiger partial charge in [0.25, 0.3) is 5.91 Å². The SMILES string of the molecule is CCCC(NC)C(=O)C(=O)NCC(=O)NC(C(N)=O)C(C)C. The van der Waals surface area contributed by atoms with Gasteiger partial charge in [-0.3, -0.25) is 19.2 Å². The number of carbonyl (C=O) groups excluding carboxylic acids is 4. The largest absolute Gasteiger partial charge is 0.368 e. The van der Waals surface area contributed by atoms with E-state index in [-0.39, 0.29) is 12.5 Å². The Labute approximate surface area is 130 Å². The molecular weight excluding hydrogens is 288 g/mol. The van der Waals surface area contributed by atoms with Crippen LogP contribution in [-0.2, 0) is 19.2 Å². The lowest BCUT2D eigenvalue weighted by atomic mass is 10.0. The van der Waals surface area contributed by atoms with Gasteiger partial charge in [-0.2, -0.15) is 0 Å². The second kappa shape index (κ2) is 9.88. The molecule has 0 aromatic carbocycles. The second-order valence-corrected chi connectivity index (χ2v) is 5.37. The fourth-order valence-corrected chi connectivity index (χ4v) is 1.89. The molecule has 5 N–H and O–H groups in total. The Morgan fingerprint density at radius 1 is 1.14 bits per heavy atom. The first kappa shape index (κ1) is 20.0. The minimum Gasteiger partial charge on any atom is -0.368 e. The zero-order chi connectivity index (χ0) is 17.3. The lowest BCUT2D eigenvalue weighted by Gasteiger charge is -2.19. The molecule has 0 spiro atoms. The molecule has 8 nitrogen and oxygen atoms in total. The van der Waals surface area contributed by atoms with Crippen LogP contribution in [0.4, 0.5) is 0 Å². The number of likely N-dealkylation sites (N-methyl/N-ethyl adjacent to an activating group) is 1. The van der Waals surface area contributed by atoms with E-state index in [0.717, 1.165) is 6.42 Å². The number of Topliss-reactive ketones (excluding diaryl/α,β-unsaturated/α-hetero) is 1. The summed E-state index contributed by atoms with van der Waals surface area (Å²) in [6.45, 7) is 4.99. The molecule has 2 atom stereocenters. The first-order valence-electron chi connectivity index (χ1n) is 7.32. The van der Waals surface area contributed by atoms with Gasteiger partial charge in [0, 0.05) is 0 Å². The van der Waals surface area contributed by atoms with Gasteiger partial charge in [-0.15, -0.1) is 0 Å². The molecular formula is C14H26N4O4. The second-order valence-electron chi connectivity index (χ2n) is 5.37. The summed E-state index contributed by atoms with van der Waals surface area (Å²) in [4.78, 5) is 46.4. The maximum absolute atomic E-state index is 11.8. The standard InChI is InChI=1S/C14H26N4O4/c1-5-6-9(16-4)12(20)14(22)17-7-10(19)18-11(8(2)3)13(15)21/h8-9,11,16H,5-7H2,1-4H3,(H2,15,21)(H,17,22)(H,18,19). The summed E-state index contributed by atoms with van der Waals surface area (Å²) < 4.78 is 0. The highest BCUT2D eigenvalue weighted by molar-refractivity contribution is 6.38. The summed E-state index contributed by atoms with van der Waals surface area (Å²) in [5, 5.41) is 7.43. The average Bonchev–Trinajstić information content (AvgIpc) is 2.46. The maximum atomic E-state index is 11.8. The first-order chi connectivity index (χ1) is 10.2. The van der Waals surface area contributed by atoms with Gasteiger partial charge < -0.3 is 21.7 Å². The van der Waals surface area contributed by atoms with Gasteiger partial charge in [-0.05, 0) is 19.4 Å². The molecule has 0 heterocycles. The summed E-state index contributed by atoms with van der Waals surface area (Å²) in [6, 6.07) is -1.38. The molecule has 22 heavy (non-hydrogen) atoms. The molecule has 0 aromatic rings. The molecule has 0 fully saturated rings. The number of nitrogens with one attached hydrogen (secondary N) is 3. The third-order valence-corrected chi connectivity index (χ3v) is 3.17. The third kappa shape index (κ3) is 6.66. The molecule has 0 aliphatic heterocycles. The number of nitrogens with two attached hydrogens (primary N) is 1. The summed E-state index contributed by atoms with van der Waals surface area (Å²) in [5.41, 5.74) is 5.18. The van der Waals surface area contributed by atoms with E-state index in [1.807, 2.05) is 6.92 Å². The van der Waals surface area contributed by atoms with Crippen molar-refractivity contribution in [3.8, 4) is 0 Å². The van der Waals surface area contributed by atoms with Crippen molar-refractivity contribution < 1.29 is 19.2 Å². The molecule has 0 aliphatic carbocycles. The van der Waals surface area contributed by atoms with Crippen LogP contribution in [0, 0.1) is 5.92 Å². The van der Waals surface area contributed by atoms with Gasteiger partial charge in [0.05, 0.1) is 12.6 Å². The lowest BCUT2D eigenvalue weighted by molar-refractivity contribution is -0.139. The number of primary amides is 1. The molecule has 0 saturated carbocycles. The van der Waals surface area contributed by atoms with E-state index in [0.29, 0.717) is 6.42 Å². The van der Waals surface area contributed by atoms with Crippen LogP contribution in [0.5, 0.6) is 0 Å². The van der Waals surface area contributed by atoms with Gasteiger partial charge in [0.1, 0.15) is 6.04 Å². The molecule has 0 bridgehead atoms. The Bertz CT molecular complexity index is 423. The minimum atomic E-state index is -0.830. The Kier molecular flexibility index (Phi) is 9.00. The summed E-state index contributed by atoms with van der Waals surface area (Å²) in [7, 11) is 1.60. The van der Waals surface area contributed by atoms with Crippen molar-refractivity contribution in [2.75, 3.05) is 13.6 Å². The number of hydrogen-bond acceptors (Lipinski definition) is 5. The molecule has 0 radical (unpaired) electrons. The summed E-state index contributed by atoms with van der Waals surface area (Å²) in [6.07, 6.45) is 1.28. The van der Waals surface area contributed by atoms with Crippen molar-refractivity contribution in [2.45, 2.75) is 45.7 Å². The molecule has 0 aromatic heterocycles. The molecule has 0 saturated heterocycles. The number of amides is 3. The Hall–Kier alpha value is -1.96. The lowest BCUT2D eigenvalue weighted by Crippen LogP contribution is -2.52. The van der Waals surface area contributed by atoms with E-state index < -0.39 is 35.6 Å². The van der Waals surface area contributed by atoms with Crippen LogP contribution in [-0.4, -0.2) is 49.2 Å². The van der Waals surface area contributed by atoms with E-state index in [2.05, 4.69) is 16.0 Å². The Morgan fingerprint density at radius 2 is 1.73 bits per heavy atom. The predicted octanol–water partition coefficient (Wildman–Crippen LogP) is -1.31. The predicted molar refractivity (Wildman–Crippen MR) is 81.7 cm³/mol. The Morgan fingerprint density at radius 3 is 2.14 bits per heavy atom. The van der Waals surface area contributed by atoms with Gasteiger partial charge in [-0.1, -0.05) is 27.2 Å². The number of carbonyl (C=O) groups is 4. The van der Waals surface area contributed by atoms with Gasteiger partial charge in [0.2, 0.25) is 17.6 Å². The zero-order valence-electron chi connectivity index (χ0n) is 13.6. The van der Waals surface area contributed by atoms with Crippen molar-refractivity contribution in [3.05, 3.63) is 0 Å². The van der Waals surface area contributed by atoms with Gasteiger partial charge in [0.15, 0.2) is 0 Å². The van der Waals surface area contributed by atoms with E-state index in [4.69, 9.17) is 5.73 Å². The normalized spacial score (nSPS) is 13.3. The molecule has 0 rings (SSSR count). The number of hydrogen-bond donors (Lipinski definition) is 4. The van der Waals surface area contributed by atoms with Crippen LogP contribution in [0.2, 0.25) is 0 Å². The number of rotatable bonds is 10. The average molecular weight is 314 g/mol. The van der Waals surface area contributed by atoms with Crippen molar-refractivity contribution in [3.63, 3.8) is 0 Å². The quantitative estimate of drug-likeness (QED) is 0.372. The zero-order valence-corrected chi connectivity index (χ0v) is 13.6. The highest BCUT2D eigenvalue weighted by atomic mass is 16.2. The highest BCUT2D eigenvalue weighted by Gasteiger charge is 2.25. The monoisotopic (exact) mass is 314 g/mol. The fraction of sp³-hybridized carbons (Fsp3) is 0.714. The van der Waals surface area contributed by atoms with Gasteiger partial charge in [-0.25, -0.2) is 0 Å². The molecule has 2 unspecified atom stereocenters. The van der Waals surface area contributed by atoms with Crippen molar-refractivity contribution >= 4 is 23.5 Å². The van der Waals surface area contributed by atoms with Crippen LogP contribution in [0.3, 0.4) is 0 Å². The molecule has 8 heteroatoms. The van der Waals surface area contributed by atoms with Crippen LogP contribution in [0.25, 0.3) is 0 Å². The third-order valence-electron chi connectivity index (χ3n) is 3.17. The van der Waals surface area contributed by atoms with E-state index in [9.17, 15) is 19.2 Å². The van der Waals surface area contributed by atoms with Crippen LogP contribution in [0.15, 0.2) is 0 Å². The summed E-state index contributed by atoms with van der Waals surface area (Å²) in [5.74, 6) is -2.84. The highest BCUT2D eigenvalue weighted by Crippen LogP contribution is 2.00.